The summed E-state index contributed by atoms with van der Waals surface area (Å²) in [6.45, 7) is 17.7. The van der Waals surface area contributed by atoms with Gasteiger partial charge in [-0.25, -0.2) is 4.79 Å². The van der Waals surface area contributed by atoms with Crippen LogP contribution in [-0.4, -0.2) is 33.2 Å². The highest BCUT2D eigenvalue weighted by Crippen LogP contribution is 2.56. The summed E-state index contributed by atoms with van der Waals surface area (Å²) in [6.07, 6.45) is 3.14. The lowest BCUT2D eigenvalue weighted by Gasteiger charge is -2.52. The molecule has 1 N–H and O–H groups in total. The van der Waals surface area contributed by atoms with Crippen molar-refractivity contribution in [3.8, 4) is 0 Å². The Morgan fingerprint density at radius 1 is 1.03 bits per heavy atom. The lowest BCUT2D eigenvalue weighted by atomic mass is 9.51. The third kappa shape index (κ3) is 4.35. The molecule has 2 aliphatic rings. The van der Waals surface area contributed by atoms with Crippen molar-refractivity contribution < 1.29 is 23.5 Å². The van der Waals surface area contributed by atoms with Crippen LogP contribution >= 0.6 is 0 Å². The molecule has 0 aliphatic heterocycles. The van der Waals surface area contributed by atoms with Crippen LogP contribution in [0.3, 0.4) is 0 Å². The van der Waals surface area contributed by atoms with Gasteiger partial charge in [-0.2, -0.15) is 0 Å². The van der Waals surface area contributed by atoms with E-state index >= 15 is 0 Å². The van der Waals surface area contributed by atoms with Crippen molar-refractivity contribution in [2.24, 2.45) is 16.7 Å². The molecule has 1 saturated carbocycles. The van der Waals surface area contributed by atoms with Crippen LogP contribution in [0.15, 0.2) is 11.8 Å². The zero-order chi connectivity index (χ0) is 23.8. The first-order valence-corrected chi connectivity index (χ1v) is 13.7. The second-order valence-electron chi connectivity index (χ2n) is 10.9. The highest BCUT2D eigenvalue weighted by molar-refractivity contribution is 6.77. The smallest absolute Gasteiger partial charge is 0.413 e. The molecule has 2 rings (SSSR count). The Hall–Kier alpha value is -1.63. The summed E-state index contributed by atoms with van der Waals surface area (Å²) < 4.78 is 11.6. The number of amides is 2. The zero-order valence-electron chi connectivity index (χ0n) is 20.8. The van der Waals surface area contributed by atoms with Crippen LogP contribution < -0.4 is 5.32 Å². The van der Waals surface area contributed by atoms with Crippen LogP contribution in [0.1, 0.15) is 81.1 Å². The number of carbonyl (C=O) groups is 3. The molecule has 176 valence electrons. The Labute approximate surface area is 188 Å². The Balaban J connectivity index is 2.53. The van der Waals surface area contributed by atoms with Crippen LogP contribution in [0, 0.1) is 16.7 Å². The van der Waals surface area contributed by atoms with E-state index in [1.807, 2.05) is 6.08 Å². The fraction of sp³-hybridized carbons (Fsp3) is 0.792. The molecule has 2 aliphatic carbocycles. The molecule has 0 unspecified atom stereocenters. The van der Waals surface area contributed by atoms with Crippen molar-refractivity contribution in [1.29, 1.82) is 0 Å². The lowest BCUT2D eigenvalue weighted by molar-refractivity contribution is -0.154. The van der Waals surface area contributed by atoms with Gasteiger partial charge in [-0.3, -0.25) is 14.9 Å². The summed E-state index contributed by atoms with van der Waals surface area (Å²) in [5, 5.41) is 2.29. The Bertz CT molecular complexity index is 733. The van der Waals surface area contributed by atoms with Gasteiger partial charge in [0.1, 0.15) is 11.2 Å². The van der Waals surface area contributed by atoms with E-state index in [0.29, 0.717) is 42.3 Å². The lowest BCUT2D eigenvalue weighted by Crippen LogP contribution is -2.59. The summed E-state index contributed by atoms with van der Waals surface area (Å²) in [5.41, 5.74) is -0.217. The molecule has 0 radical (unpaired) electrons. The number of hydrogen-bond donors (Lipinski definition) is 1. The van der Waals surface area contributed by atoms with Gasteiger partial charge < -0.3 is 9.16 Å². The SMILES string of the molecule is COC(=O)NC(=O)[C@@]12CCC(O[Si](C(C)C)(C(C)C)C(C)C)=C[C@H]1C(C)(C)CCC2=O. The molecule has 0 bridgehead atoms. The highest BCUT2D eigenvalue weighted by atomic mass is 28.4. The number of rotatable bonds is 6. The van der Waals surface area contributed by atoms with Crippen LogP contribution in [0.25, 0.3) is 0 Å². The minimum Gasteiger partial charge on any atom is -0.546 e. The van der Waals surface area contributed by atoms with E-state index in [-0.39, 0.29) is 17.1 Å². The minimum atomic E-state index is -2.15. The van der Waals surface area contributed by atoms with Gasteiger partial charge in [-0.1, -0.05) is 55.4 Å². The molecule has 0 heterocycles. The molecule has 0 aromatic rings. The molecule has 0 aromatic heterocycles. The quantitative estimate of drug-likeness (QED) is 0.412. The third-order valence-corrected chi connectivity index (χ3v) is 13.8. The van der Waals surface area contributed by atoms with Crippen molar-refractivity contribution in [3.63, 3.8) is 0 Å². The number of carbonyl (C=O) groups excluding carboxylic acids is 3. The molecular formula is C24H41NO5Si. The maximum absolute atomic E-state index is 13.2. The molecule has 2 amide bonds. The predicted molar refractivity (Wildman–Crippen MR) is 124 cm³/mol. The van der Waals surface area contributed by atoms with Crippen molar-refractivity contribution >= 4 is 26.1 Å². The fourth-order valence-electron chi connectivity index (χ4n) is 6.21. The number of fused-ring (bicyclic) bond motifs is 1. The minimum absolute atomic E-state index is 0.0892. The second kappa shape index (κ2) is 9.08. The normalized spacial score (nSPS) is 25.9. The van der Waals surface area contributed by atoms with Gasteiger partial charge in [0.2, 0.25) is 5.91 Å². The molecule has 0 aromatic carbocycles. The summed E-state index contributed by atoms with van der Waals surface area (Å²) in [6, 6.07) is 0. The molecule has 31 heavy (non-hydrogen) atoms. The summed E-state index contributed by atoms with van der Waals surface area (Å²) in [4.78, 5) is 38.2. The van der Waals surface area contributed by atoms with E-state index < -0.39 is 25.7 Å². The number of allylic oxidation sites excluding steroid dienone is 2. The number of methoxy groups -OCH3 is 1. The largest absolute Gasteiger partial charge is 0.546 e. The summed E-state index contributed by atoms with van der Waals surface area (Å²) in [5.74, 6) is -0.0454. The Kier molecular flexibility index (Phi) is 7.51. The molecule has 1 fully saturated rings. The van der Waals surface area contributed by atoms with Gasteiger partial charge in [-0.15, -0.1) is 0 Å². The van der Waals surface area contributed by atoms with Crippen molar-refractivity contribution in [2.75, 3.05) is 7.11 Å². The average Bonchev–Trinajstić information content (AvgIpc) is 2.68. The topological polar surface area (TPSA) is 81.7 Å². The number of nitrogens with one attached hydrogen (secondary N) is 1. The average molecular weight is 452 g/mol. The van der Waals surface area contributed by atoms with Gasteiger partial charge in [-0.05, 0) is 41.0 Å². The number of ketones is 1. The maximum atomic E-state index is 13.2. The summed E-state index contributed by atoms with van der Waals surface area (Å²) >= 11 is 0. The zero-order valence-corrected chi connectivity index (χ0v) is 21.8. The predicted octanol–water partition coefficient (Wildman–Crippen LogP) is 5.73. The van der Waals surface area contributed by atoms with Crippen LogP contribution in [-0.2, 0) is 18.8 Å². The third-order valence-electron chi connectivity index (χ3n) is 7.81. The van der Waals surface area contributed by atoms with E-state index in [1.54, 1.807) is 0 Å². The van der Waals surface area contributed by atoms with Crippen LogP contribution in [0.2, 0.25) is 16.6 Å². The molecule has 0 saturated heterocycles. The maximum Gasteiger partial charge on any atom is 0.413 e. The van der Waals surface area contributed by atoms with Crippen molar-refractivity contribution in [3.05, 3.63) is 11.8 Å². The Morgan fingerprint density at radius 3 is 2.06 bits per heavy atom. The van der Waals surface area contributed by atoms with E-state index in [4.69, 9.17) is 4.43 Å². The number of hydrogen-bond acceptors (Lipinski definition) is 5. The number of Topliss-reactive ketones (excluding diaryl/α,β-unsaturated/α-hetero) is 1. The highest BCUT2D eigenvalue weighted by Gasteiger charge is 2.60. The number of alkyl carbamates (subject to hydrolysis) is 1. The van der Waals surface area contributed by atoms with Gasteiger partial charge >= 0.3 is 6.09 Å². The monoisotopic (exact) mass is 451 g/mol. The fourth-order valence-corrected chi connectivity index (χ4v) is 11.5. The molecule has 2 atom stereocenters. The second-order valence-corrected chi connectivity index (χ2v) is 16.2. The van der Waals surface area contributed by atoms with Crippen molar-refractivity contribution in [1.82, 2.24) is 5.32 Å². The molecular weight excluding hydrogens is 410 g/mol. The van der Waals surface area contributed by atoms with Gasteiger partial charge in [0.15, 0.2) is 0 Å². The van der Waals surface area contributed by atoms with E-state index in [1.165, 1.54) is 7.11 Å². The van der Waals surface area contributed by atoms with E-state index in [0.717, 1.165) is 5.76 Å². The Morgan fingerprint density at radius 2 is 1.58 bits per heavy atom. The van der Waals surface area contributed by atoms with E-state index in [9.17, 15) is 14.4 Å². The molecule has 0 spiro atoms. The van der Waals surface area contributed by atoms with Crippen molar-refractivity contribution in [2.45, 2.75) is 97.7 Å². The first-order chi connectivity index (χ1) is 14.3. The van der Waals surface area contributed by atoms with Gasteiger partial charge in [0.25, 0.3) is 8.32 Å². The van der Waals surface area contributed by atoms with Crippen LogP contribution in [0.5, 0.6) is 0 Å². The first kappa shape index (κ1) is 25.6. The van der Waals surface area contributed by atoms with E-state index in [2.05, 4.69) is 65.4 Å². The molecule has 7 heteroatoms. The first-order valence-electron chi connectivity index (χ1n) is 11.6. The standard InChI is InChI=1S/C24H41NO5Si/c1-15(2)31(16(3)4,17(5)6)30-18-10-13-24(21(27)25-22(28)29-9)19(14-18)23(7,8)12-11-20(24)26/h14-17,19H,10-13H2,1-9H3,(H,25,27,28)/t19-,24-/m0/s1. The van der Waals surface area contributed by atoms with Gasteiger partial charge in [0.05, 0.1) is 12.9 Å². The summed E-state index contributed by atoms with van der Waals surface area (Å²) in [7, 11) is -0.933. The molecule has 6 nitrogen and oxygen atoms in total. The van der Waals surface area contributed by atoms with Gasteiger partial charge in [0, 0.05) is 18.8 Å². The number of imide groups is 1. The van der Waals surface area contributed by atoms with Crippen LogP contribution in [0.4, 0.5) is 4.79 Å². The number of ether oxygens (including phenoxy) is 1.